The highest BCUT2D eigenvalue weighted by molar-refractivity contribution is 6.01. The zero-order valence-electron chi connectivity index (χ0n) is 14.0. The Kier molecular flexibility index (Phi) is 4.40. The second-order valence-electron chi connectivity index (χ2n) is 5.87. The Morgan fingerprint density at radius 1 is 1.38 bits per heavy atom. The molecule has 1 aliphatic heterocycles. The van der Waals surface area contributed by atoms with Crippen molar-refractivity contribution >= 4 is 11.6 Å². The van der Waals surface area contributed by atoms with Gasteiger partial charge in [0.25, 0.3) is 5.91 Å². The third-order valence-electron chi connectivity index (χ3n) is 4.37. The molecular formula is C18H22N4O2. The third kappa shape index (κ3) is 2.59. The zero-order valence-corrected chi connectivity index (χ0v) is 14.0. The number of amides is 1. The van der Waals surface area contributed by atoms with Gasteiger partial charge < -0.3 is 15.3 Å². The monoisotopic (exact) mass is 326 g/mol. The number of carbonyl (C=O) groups is 1. The molecule has 2 aromatic rings. The average molecular weight is 326 g/mol. The third-order valence-corrected chi connectivity index (χ3v) is 4.37. The van der Waals surface area contributed by atoms with Gasteiger partial charge in [0.15, 0.2) is 0 Å². The summed E-state index contributed by atoms with van der Waals surface area (Å²) in [5.41, 5.74) is 4.24. The standard InChI is InChI=1S/C18H22N4O2/c1-4-9-21-17(16-12(2)20-22(10-11-23)13(16)3)19-15-8-6-5-7-14(15)18(21)24/h4-8,17,19,23H,1,9-11H2,2-3H3/t17-/m0/s1. The molecule has 2 N–H and O–H groups in total. The van der Waals surface area contributed by atoms with E-state index < -0.39 is 0 Å². The number of para-hydroxylation sites is 1. The number of hydrogen-bond donors (Lipinski definition) is 2. The van der Waals surface area contributed by atoms with Crippen LogP contribution in [0.3, 0.4) is 0 Å². The molecule has 0 spiro atoms. The first-order valence-electron chi connectivity index (χ1n) is 8.00. The summed E-state index contributed by atoms with van der Waals surface area (Å²) in [6, 6.07) is 7.51. The number of carbonyl (C=O) groups excluding carboxylic acids is 1. The molecule has 0 fully saturated rings. The summed E-state index contributed by atoms with van der Waals surface area (Å²) in [5.74, 6) is -0.0250. The van der Waals surface area contributed by atoms with E-state index in [2.05, 4.69) is 17.0 Å². The van der Waals surface area contributed by atoms with Crippen LogP contribution in [0.1, 0.15) is 33.5 Å². The van der Waals surface area contributed by atoms with Gasteiger partial charge in [0.2, 0.25) is 0 Å². The van der Waals surface area contributed by atoms with Gasteiger partial charge in [-0.25, -0.2) is 0 Å². The molecule has 0 unspecified atom stereocenters. The van der Waals surface area contributed by atoms with Crippen LogP contribution in [-0.2, 0) is 6.54 Å². The lowest BCUT2D eigenvalue weighted by molar-refractivity contribution is 0.0706. The predicted molar refractivity (Wildman–Crippen MR) is 92.8 cm³/mol. The molecule has 0 bridgehead atoms. The van der Waals surface area contributed by atoms with Crippen LogP contribution in [0.5, 0.6) is 0 Å². The minimum absolute atomic E-state index is 0.0250. The highest BCUT2D eigenvalue weighted by atomic mass is 16.3. The van der Waals surface area contributed by atoms with Crippen molar-refractivity contribution in [2.45, 2.75) is 26.6 Å². The number of rotatable bonds is 5. The van der Waals surface area contributed by atoms with Crippen LogP contribution in [0, 0.1) is 13.8 Å². The van der Waals surface area contributed by atoms with Gasteiger partial charge in [-0.2, -0.15) is 5.10 Å². The van der Waals surface area contributed by atoms with E-state index in [1.807, 2.05) is 38.1 Å². The fourth-order valence-corrected chi connectivity index (χ4v) is 3.27. The van der Waals surface area contributed by atoms with E-state index in [0.29, 0.717) is 18.7 Å². The number of nitrogens with zero attached hydrogens (tertiary/aromatic N) is 3. The van der Waals surface area contributed by atoms with E-state index in [0.717, 1.165) is 22.6 Å². The van der Waals surface area contributed by atoms with Crippen LogP contribution < -0.4 is 5.32 Å². The topological polar surface area (TPSA) is 70.4 Å². The summed E-state index contributed by atoms with van der Waals surface area (Å²) < 4.78 is 1.78. The highest BCUT2D eigenvalue weighted by Gasteiger charge is 2.35. The normalized spacial score (nSPS) is 16.7. The number of benzene rings is 1. The summed E-state index contributed by atoms with van der Waals surface area (Å²) >= 11 is 0. The van der Waals surface area contributed by atoms with E-state index in [9.17, 15) is 9.90 Å². The summed E-state index contributed by atoms with van der Waals surface area (Å²) in [6.45, 7) is 8.57. The maximum absolute atomic E-state index is 12.9. The van der Waals surface area contributed by atoms with Crippen LogP contribution in [-0.4, -0.2) is 38.8 Å². The molecule has 1 atom stereocenters. The SMILES string of the molecule is C=CCN1C(=O)c2ccccc2N[C@@H]1c1c(C)nn(CCO)c1C. The molecule has 1 amide bonds. The number of anilines is 1. The van der Waals surface area contributed by atoms with Crippen LogP contribution in [0.4, 0.5) is 5.69 Å². The number of nitrogens with one attached hydrogen (secondary N) is 1. The molecule has 1 aromatic heterocycles. The van der Waals surface area contributed by atoms with Crippen LogP contribution in [0.25, 0.3) is 0 Å². The maximum atomic E-state index is 12.9. The fourth-order valence-electron chi connectivity index (χ4n) is 3.27. The van der Waals surface area contributed by atoms with Gasteiger partial charge in [-0.3, -0.25) is 9.48 Å². The fraction of sp³-hybridized carbons (Fsp3) is 0.333. The first-order chi connectivity index (χ1) is 11.6. The van der Waals surface area contributed by atoms with Crippen molar-refractivity contribution in [1.29, 1.82) is 0 Å². The molecule has 0 radical (unpaired) electrons. The van der Waals surface area contributed by atoms with Crippen LogP contribution in [0.2, 0.25) is 0 Å². The highest BCUT2D eigenvalue weighted by Crippen LogP contribution is 2.35. The lowest BCUT2D eigenvalue weighted by Gasteiger charge is -2.37. The summed E-state index contributed by atoms with van der Waals surface area (Å²) in [5, 5.41) is 17.2. The lowest BCUT2D eigenvalue weighted by atomic mass is 10.0. The second-order valence-corrected chi connectivity index (χ2v) is 5.87. The number of aromatic nitrogens is 2. The van der Waals surface area contributed by atoms with Gasteiger partial charge in [-0.15, -0.1) is 6.58 Å². The number of fused-ring (bicyclic) bond motifs is 1. The molecular weight excluding hydrogens is 304 g/mol. The molecule has 3 rings (SSSR count). The van der Waals surface area contributed by atoms with E-state index >= 15 is 0 Å². The van der Waals surface area contributed by atoms with Gasteiger partial charge in [0.1, 0.15) is 6.17 Å². The van der Waals surface area contributed by atoms with Crippen molar-refractivity contribution in [3.8, 4) is 0 Å². The minimum atomic E-state index is -0.308. The number of aryl methyl sites for hydroxylation is 1. The number of hydrogen-bond acceptors (Lipinski definition) is 4. The first-order valence-corrected chi connectivity index (χ1v) is 8.00. The van der Waals surface area contributed by atoms with Crippen molar-refractivity contribution < 1.29 is 9.90 Å². The minimum Gasteiger partial charge on any atom is -0.394 e. The van der Waals surface area contributed by atoms with E-state index in [1.165, 1.54) is 0 Å². The molecule has 0 saturated carbocycles. The van der Waals surface area contributed by atoms with Crippen LogP contribution >= 0.6 is 0 Å². The van der Waals surface area contributed by atoms with Crippen molar-refractivity contribution in [2.75, 3.05) is 18.5 Å². The molecule has 2 heterocycles. The van der Waals surface area contributed by atoms with Gasteiger partial charge in [-0.05, 0) is 26.0 Å². The van der Waals surface area contributed by atoms with Crippen molar-refractivity contribution in [2.24, 2.45) is 0 Å². The van der Waals surface area contributed by atoms with Gasteiger partial charge >= 0.3 is 0 Å². The van der Waals surface area contributed by atoms with Gasteiger partial charge in [-0.1, -0.05) is 18.2 Å². The molecule has 0 aliphatic carbocycles. The molecule has 6 nitrogen and oxygen atoms in total. The Hall–Kier alpha value is -2.60. The van der Waals surface area contributed by atoms with Crippen molar-refractivity contribution in [3.05, 3.63) is 59.4 Å². The summed E-state index contributed by atoms with van der Waals surface area (Å²) in [6.07, 6.45) is 1.42. The molecule has 1 aliphatic rings. The molecule has 24 heavy (non-hydrogen) atoms. The Morgan fingerprint density at radius 3 is 2.83 bits per heavy atom. The van der Waals surface area contributed by atoms with Gasteiger partial charge in [0.05, 0.1) is 24.4 Å². The number of aliphatic hydroxyl groups excluding tert-OH is 1. The molecule has 0 saturated heterocycles. The second kappa shape index (κ2) is 6.49. The molecule has 126 valence electrons. The lowest BCUT2D eigenvalue weighted by Crippen LogP contribution is -2.43. The Labute approximate surface area is 141 Å². The van der Waals surface area contributed by atoms with Crippen molar-refractivity contribution in [3.63, 3.8) is 0 Å². The Bertz CT molecular complexity index is 781. The van der Waals surface area contributed by atoms with Gasteiger partial charge in [0, 0.05) is 23.5 Å². The van der Waals surface area contributed by atoms with E-state index in [-0.39, 0.29) is 18.7 Å². The van der Waals surface area contributed by atoms with E-state index in [4.69, 9.17) is 0 Å². The Balaban J connectivity index is 2.09. The predicted octanol–water partition coefficient (Wildman–Crippen LogP) is 2.24. The van der Waals surface area contributed by atoms with E-state index in [1.54, 1.807) is 15.7 Å². The average Bonchev–Trinajstić information content (AvgIpc) is 2.85. The summed E-state index contributed by atoms with van der Waals surface area (Å²) in [4.78, 5) is 14.7. The largest absolute Gasteiger partial charge is 0.394 e. The van der Waals surface area contributed by atoms with Crippen molar-refractivity contribution in [1.82, 2.24) is 14.7 Å². The summed E-state index contributed by atoms with van der Waals surface area (Å²) in [7, 11) is 0. The smallest absolute Gasteiger partial charge is 0.258 e. The number of aliphatic hydroxyl groups is 1. The quantitative estimate of drug-likeness (QED) is 0.827. The molecule has 1 aromatic carbocycles. The Morgan fingerprint density at radius 2 is 2.12 bits per heavy atom. The first kappa shape index (κ1) is 16.3. The molecule has 6 heteroatoms. The van der Waals surface area contributed by atoms with Crippen LogP contribution in [0.15, 0.2) is 36.9 Å². The maximum Gasteiger partial charge on any atom is 0.258 e. The zero-order chi connectivity index (χ0) is 17.3.